The number of halogens is 2. The van der Waals surface area contributed by atoms with Gasteiger partial charge in [0.05, 0.1) is 12.4 Å². The molecule has 6 heteroatoms. The predicted molar refractivity (Wildman–Crippen MR) is 72.4 cm³/mol. The molecule has 0 aliphatic heterocycles. The topological polar surface area (TPSA) is 43.4 Å². The lowest BCUT2D eigenvalue weighted by atomic mass is 9.90. The molecule has 1 saturated carbocycles. The Morgan fingerprint density at radius 3 is 2.32 bits per heavy atom. The second-order valence-corrected chi connectivity index (χ2v) is 7.91. The van der Waals surface area contributed by atoms with Crippen molar-refractivity contribution >= 4 is 19.7 Å². The molecule has 0 N–H and O–H groups in total. The number of ether oxygens (including phenoxy) is 1. The van der Waals surface area contributed by atoms with Crippen LogP contribution in [-0.4, -0.2) is 20.8 Å². The Bertz CT molecular complexity index is 521. The minimum Gasteiger partial charge on any atom is -0.493 e. The number of rotatable bonds is 5. The quantitative estimate of drug-likeness (QED) is 0.784. The number of hydrogen-bond acceptors (Lipinski definition) is 3. The zero-order valence-corrected chi connectivity index (χ0v) is 12.0. The molecule has 0 bridgehead atoms. The van der Waals surface area contributed by atoms with Crippen molar-refractivity contribution in [3.8, 4) is 5.75 Å². The maximum atomic E-state index is 12.8. The molecule has 2 rings (SSSR count). The van der Waals surface area contributed by atoms with Crippen LogP contribution in [-0.2, 0) is 9.05 Å². The Morgan fingerprint density at radius 2 is 1.79 bits per heavy atom. The van der Waals surface area contributed by atoms with Crippen molar-refractivity contribution in [2.24, 2.45) is 5.41 Å². The van der Waals surface area contributed by atoms with Gasteiger partial charge in [-0.2, -0.15) is 0 Å². The van der Waals surface area contributed by atoms with Gasteiger partial charge in [-0.05, 0) is 37.1 Å². The summed E-state index contributed by atoms with van der Waals surface area (Å²) < 4.78 is 41.0. The van der Waals surface area contributed by atoms with E-state index in [0.717, 1.165) is 25.7 Å². The van der Waals surface area contributed by atoms with E-state index in [0.29, 0.717) is 12.4 Å². The van der Waals surface area contributed by atoms with E-state index in [1.807, 2.05) is 0 Å². The van der Waals surface area contributed by atoms with Gasteiger partial charge in [0, 0.05) is 16.1 Å². The third kappa shape index (κ3) is 4.35. The van der Waals surface area contributed by atoms with E-state index in [2.05, 4.69) is 0 Å². The van der Waals surface area contributed by atoms with Crippen molar-refractivity contribution < 1.29 is 17.5 Å². The van der Waals surface area contributed by atoms with E-state index in [4.69, 9.17) is 15.4 Å². The van der Waals surface area contributed by atoms with Crippen LogP contribution < -0.4 is 4.74 Å². The third-order valence-corrected chi connectivity index (χ3v) is 4.79. The number of hydrogen-bond donors (Lipinski definition) is 0. The van der Waals surface area contributed by atoms with Gasteiger partial charge in [0.25, 0.3) is 0 Å². The van der Waals surface area contributed by atoms with Gasteiger partial charge in [-0.3, -0.25) is 0 Å². The predicted octanol–water partition coefficient (Wildman–Crippen LogP) is 3.33. The smallest absolute Gasteiger partial charge is 0.233 e. The minimum atomic E-state index is -3.54. The molecule has 106 valence electrons. The SMILES string of the molecule is O=S(=O)(Cl)CC1(COc2ccc(F)cc2)CCCC1. The van der Waals surface area contributed by atoms with E-state index >= 15 is 0 Å². The monoisotopic (exact) mass is 306 g/mol. The molecule has 0 saturated heterocycles. The fourth-order valence-corrected chi connectivity index (χ4v) is 4.39. The minimum absolute atomic E-state index is 0.0667. The largest absolute Gasteiger partial charge is 0.493 e. The molecule has 3 nitrogen and oxygen atoms in total. The molecular formula is C13H16ClFO3S. The van der Waals surface area contributed by atoms with E-state index in [-0.39, 0.29) is 11.6 Å². The molecular weight excluding hydrogens is 291 g/mol. The molecule has 0 heterocycles. The van der Waals surface area contributed by atoms with Crippen molar-refractivity contribution in [2.45, 2.75) is 25.7 Å². The lowest BCUT2D eigenvalue weighted by Crippen LogP contribution is -2.32. The summed E-state index contributed by atoms with van der Waals surface area (Å²) in [6.07, 6.45) is 3.55. The van der Waals surface area contributed by atoms with Crippen LogP contribution in [0.3, 0.4) is 0 Å². The summed E-state index contributed by atoms with van der Waals surface area (Å²) in [5.41, 5.74) is -0.408. The second-order valence-electron chi connectivity index (χ2n) is 5.13. The van der Waals surface area contributed by atoms with Crippen molar-refractivity contribution in [2.75, 3.05) is 12.4 Å². The molecule has 1 aromatic carbocycles. The molecule has 1 aliphatic rings. The molecule has 0 spiro atoms. The van der Waals surface area contributed by atoms with Crippen LogP contribution in [0.5, 0.6) is 5.75 Å². The molecule has 0 radical (unpaired) electrons. The van der Waals surface area contributed by atoms with Crippen LogP contribution in [0.15, 0.2) is 24.3 Å². The van der Waals surface area contributed by atoms with E-state index in [1.54, 1.807) is 0 Å². The Balaban J connectivity index is 2.03. The third-order valence-electron chi connectivity index (χ3n) is 3.50. The molecule has 0 amide bonds. The van der Waals surface area contributed by atoms with Gasteiger partial charge < -0.3 is 4.74 Å². The highest BCUT2D eigenvalue weighted by atomic mass is 35.7. The maximum absolute atomic E-state index is 12.8. The lowest BCUT2D eigenvalue weighted by molar-refractivity contribution is 0.171. The highest BCUT2D eigenvalue weighted by molar-refractivity contribution is 8.13. The van der Waals surface area contributed by atoms with Crippen molar-refractivity contribution in [1.82, 2.24) is 0 Å². The molecule has 19 heavy (non-hydrogen) atoms. The summed E-state index contributed by atoms with van der Waals surface area (Å²) in [6, 6.07) is 5.70. The number of benzene rings is 1. The van der Waals surface area contributed by atoms with Gasteiger partial charge in [-0.1, -0.05) is 12.8 Å². The highest BCUT2D eigenvalue weighted by Gasteiger charge is 2.38. The highest BCUT2D eigenvalue weighted by Crippen LogP contribution is 2.40. The summed E-state index contributed by atoms with van der Waals surface area (Å²) in [4.78, 5) is 0. The van der Waals surface area contributed by atoms with Crippen LogP contribution >= 0.6 is 10.7 Å². The first-order chi connectivity index (χ1) is 8.89. The normalized spacial score (nSPS) is 18.4. The second kappa shape index (κ2) is 5.67. The zero-order valence-electron chi connectivity index (χ0n) is 10.4. The summed E-state index contributed by atoms with van der Waals surface area (Å²) >= 11 is 0. The molecule has 1 fully saturated rings. The summed E-state index contributed by atoms with van der Waals surface area (Å²) in [6.45, 7) is 0.296. The molecule has 0 unspecified atom stereocenters. The van der Waals surface area contributed by atoms with Gasteiger partial charge in [0.1, 0.15) is 11.6 Å². The van der Waals surface area contributed by atoms with Crippen molar-refractivity contribution in [3.05, 3.63) is 30.1 Å². The Kier molecular flexibility index (Phi) is 4.36. The summed E-state index contributed by atoms with van der Waals surface area (Å²) in [7, 11) is 1.83. The fourth-order valence-electron chi connectivity index (χ4n) is 2.59. The summed E-state index contributed by atoms with van der Waals surface area (Å²) in [5.74, 6) is 0.147. The molecule has 1 aromatic rings. The molecule has 1 aliphatic carbocycles. The van der Waals surface area contributed by atoms with Crippen molar-refractivity contribution in [1.29, 1.82) is 0 Å². The average molecular weight is 307 g/mol. The molecule has 0 aromatic heterocycles. The maximum Gasteiger partial charge on any atom is 0.233 e. The first-order valence-electron chi connectivity index (χ1n) is 6.19. The standard InChI is InChI=1S/C13H16ClFO3S/c14-19(16,17)10-13(7-1-2-8-13)9-18-12-5-3-11(15)4-6-12/h3-6H,1-2,7-10H2. The first kappa shape index (κ1) is 14.6. The van der Waals surface area contributed by atoms with Crippen LogP contribution in [0.25, 0.3) is 0 Å². The lowest BCUT2D eigenvalue weighted by Gasteiger charge is -2.27. The van der Waals surface area contributed by atoms with E-state index in [9.17, 15) is 12.8 Å². The molecule has 0 atom stereocenters. The van der Waals surface area contributed by atoms with E-state index in [1.165, 1.54) is 24.3 Å². The van der Waals surface area contributed by atoms with Gasteiger partial charge in [0.15, 0.2) is 0 Å². The van der Waals surface area contributed by atoms with Gasteiger partial charge in [-0.25, -0.2) is 12.8 Å². The van der Waals surface area contributed by atoms with Gasteiger partial charge in [-0.15, -0.1) is 0 Å². The van der Waals surface area contributed by atoms with Crippen LogP contribution in [0, 0.1) is 11.2 Å². The van der Waals surface area contributed by atoms with Gasteiger partial charge >= 0.3 is 0 Å². The Morgan fingerprint density at radius 1 is 1.21 bits per heavy atom. The fraction of sp³-hybridized carbons (Fsp3) is 0.538. The van der Waals surface area contributed by atoms with Crippen LogP contribution in [0.1, 0.15) is 25.7 Å². The van der Waals surface area contributed by atoms with Crippen LogP contribution in [0.2, 0.25) is 0 Å². The van der Waals surface area contributed by atoms with Crippen LogP contribution in [0.4, 0.5) is 4.39 Å². The average Bonchev–Trinajstić information content (AvgIpc) is 2.75. The zero-order chi connectivity index (χ0) is 13.9. The Labute approximate surface area is 117 Å². The van der Waals surface area contributed by atoms with Gasteiger partial charge in [0.2, 0.25) is 9.05 Å². The summed E-state index contributed by atoms with van der Waals surface area (Å²) in [5, 5.41) is 0. The first-order valence-corrected chi connectivity index (χ1v) is 8.67. The van der Waals surface area contributed by atoms with Crippen molar-refractivity contribution in [3.63, 3.8) is 0 Å². The van der Waals surface area contributed by atoms with E-state index < -0.39 is 14.5 Å². The Hall–Kier alpha value is -0.810.